The molecule has 0 unspecified atom stereocenters. The lowest BCUT2D eigenvalue weighted by molar-refractivity contribution is 0.0492. The lowest BCUT2D eigenvalue weighted by Crippen LogP contribution is -2.48. The molecule has 144 valence electrons. The van der Waals surface area contributed by atoms with Gasteiger partial charge in [-0.15, -0.1) is 11.3 Å². The molecule has 5 heteroatoms. The van der Waals surface area contributed by atoms with Gasteiger partial charge in [0.15, 0.2) is 0 Å². The molecular weight excluding hydrogens is 354 g/mol. The van der Waals surface area contributed by atoms with Crippen molar-refractivity contribution < 1.29 is 4.74 Å². The van der Waals surface area contributed by atoms with Crippen molar-refractivity contribution in [1.82, 2.24) is 14.9 Å². The molecule has 0 saturated carbocycles. The number of hydrogen-bond acceptors (Lipinski definition) is 5. The van der Waals surface area contributed by atoms with E-state index in [0.717, 1.165) is 55.6 Å². The number of likely N-dealkylation sites (tertiary alicyclic amines) is 1. The van der Waals surface area contributed by atoms with Crippen LogP contribution in [0.5, 0.6) is 5.75 Å². The molecule has 4 nitrogen and oxygen atoms in total. The topological polar surface area (TPSA) is 38.3 Å². The van der Waals surface area contributed by atoms with Crippen LogP contribution in [0.1, 0.15) is 52.0 Å². The van der Waals surface area contributed by atoms with E-state index in [1.807, 2.05) is 6.20 Å². The second-order valence-electron chi connectivity index (χ2n) is 8.48. The van der Waals surface area contributed by atoms with Crippen molar-refractivity contribution in [3.05, 3.63) is 29.4 Å². The fourth-order valence-corrected chi connectivity index (χ4v) is 5.00. The first-order chi connectivity index (χ1) is 12.9. The lowest BCUT2D eigenvalue weighted by atomic mass is 9.99. The molecular formula is C22H29N3OS. The fraction of sp³-hybridized carbons (Fsp3) is 0.545. The van der Waals surface area contributed by atoms with Crippen LogP contribution in [-0.2, 0) is 6.42 Å². The van der Waals surface area contributed by atoms with Crippen molar-refractivity contribution in [2.75, 3.05) is 13.1 Å². The molecule has 27 heavy (non-hydrogen) atoms. The van der Waals surface area contributed by atoms with E-state index in [2.05, 4.69) is 55.8 Å². The summed E-state index contributed by atoms with van der Waals surface area (Å²) in [7, 11) is 0. The van der Waals surface area contributed by atoms with Crippen LogP contribution in [0.15, 0.2) is 24.4 Å². The van der Waals surface area contributed by atoms with Gasteiger partial charge in [-0.2, -0.15) is 0 Å². The molecule has 1 aliphatic heterocycles. The Labute approximate surface area is 165 Å². The van der Waals surface area contributed by atoms with Crippen LogP contribution in [0.3, 0.4) is 0 Å². The average molecular weight is 384 g/mol. The Morgan fingerprint density at radius 2 is 1.96 bits per heavy atom. The second kappa shape index (κ2) is 7.36. The predicted octanol–water partition coefficient (Wildman–Crippen LogP) is 5.44. The monoisotopic (exact) mass is 383 g/mol. The van der Waals surface area contributed by atoms with Crippen LogP contribution in [0.4, 0.5) is 0 Å². The number of thiazole rings is 1. The highest BCUT2D eigenvalue weighted by atomic mass is 32.1. The molecule has 4 rings (SSSR count). The third-order valence-corrected chi connectivity index (χ3v) is 6.56. The van der Waals surface area contributed by atoms with Gasteiger partial charge in [0.05, 0.1) is 21.4 Å². The maximum absolute atomic E-state index is 6.30. The molecule has 3 aromatic rings. The molecule has 0 bridgehead atoms. The number of piperidine rings is 1. The van der Waals surface area contributed by atoms with Crippen LogP contribution in [0, 0.1) is 0 Å². The van der Waals surface area contributed by atoms with Crippen molar-refractivity contribution >= 4 is 32.5 Å². The molecule has 0 N–H and O–H groups in total. The Morgan fingerprint density at radius 3 is 2.67 bits per heavy atom. The number of hydrogen-bond donors (Lipinski definition) is 0. The highest BCUT2D eigenvalue weighted by Crippen LogP contribution is 2.32. The summed E-state index contributed by atoms with van der Waals surface area (Å²) in [5.41, 5.74) is 2.26. The number of aryl methyl sites for hydroxylation is 1. The molecule has 1 saturated heterocycles. The van der Waals surface area contributed by atoms with Crippen molar-refractivity contribution in [3.63, 3.8) is 0 Å². The smallest absolute Gasteiger partial charge is 0.121 e. The van der Waals surface area contributed by atoms with Gasteiger partial charge in [-0.1, -0.05) is 6.92 Å². The number of nitrogens with zero attached hydrogens (tertiary/aromatic N) is 3. The third kappa shape index (κ3) is 3.94. The van der Waals surface area contributed by atoms with E-state index in [4.69, 9.17) is 9.72 Å². The van der Waals surface area contributed by atoms with E-state index in [0.29, 0.717) is 6.10 Å². The molecule has 2 aromatic heterocycles. The van der Waals surface area contributed by atoms with Crippen molar-refractivity contribution in [2.45, 2.75) is 65.0 Å². The predicted molar refractivity (Wildman–Crippen MR) is 114 cm³/mol. The molecule has 0 aliphatic carbocycles. The van der Waals surface area contributed by atoms with Crippen LogP contribution >= 0.6 is 11.3 Å². The largest absolute Gasteiger partial charge is 0.490 e. The zero-order chi connectivity index (χ0) is 19.0. The minimum atomic E-state index is 0.245. The molecule has 1 aliphatic rings. The number of fused-ring (bicyclic) bond motifs is 3. The first-order valence-electron chi connectivity index (χ1n) is 10.0. The minimum absolute atomic E-state index is 0.245. The number of ether oxygens (including phenoxy) is 1. The van der Waals surface area contributed by atoms with E-state index in [1.165, 1.54) is 15.1 Å². The molecule has 0 atom stereocenters. The SMILES string of the molecule is CCCc1nc2cnc3cc(OC4CCN(C(C)(C)C)CC4)ccc3c2s1. The summed E-state index contributed by atoms with van der Waals surface area (Å²) < 4.78 is 7.55. The summed E-state index contributed by atoms with van der Waals surface area (Å²) in [6.45, 7) is 11.3. The van der Waals surface area contributed by atoms with Gasteiger partial charge in [0.2, 0.25) is 0 Å². The highest BCUT2D eigenvalue weighted by molar-refractivity contribution is 7.19. The molecule has 3 heterocycles. The highest BCUT2D eigenvalue weighted by Gasteiger charge is 2.27. The standard InChI is InChI=1S/C22H29N3OS/c1-5-6-20-24-19-14-23-18-13-16(7-8-17(18)21(19)27-20)26-15-9-11-25(12-10-15)22(2,3)4/h7-8,13-15H,5-6,9-12H2,1-4H3. The Kier molecular flexibility index (Phi) is 5.08. The zero-order valence-corrected chi connectivity index (χ0v) is 17.6. The van der Waals surface area contributed by atoms with Gasteiger partial charge in [0.25, 0.3) is 0 Å². The lowest BCUT2D eigenvalue weighted by Gasteiger charge is -2.40. The summed E-state index contributed by atoms with van der Waals surface area (Å²) in [4.78, 5) is 11.9. The van der Waals surface area contributed by atoms with Gasteiger partial charge in [0, 0.05) is 30.1 Å². The fourth-order valence-electron chi connectivity index (χ4n) is 3.83. The maximum Gasteiger partial charge on any atom is 0.121 e. The average Bonchev–Trinajstić information content (AvgIpc) is 3.04. The Bertz CT molecular complexity index is 936. The first kappa shape index (κ1) is 18.6. The quantitative estimate of drug-likeness (QED) is 0.601. The zero-order valence-electron chi connectivity index (χ0n) is 16.8. The van der Waals surface area contributed by atoms with E-state index < -0.39 is 0 Å². The van der Waals surface area contributed by atoms with Crippen LogP contribution in [0.25, 0.3) is 21.1 Å². The maximum atomic E-state index is 6.30. The normalized spacial score (nSPS) is 17.0. The molecule has 0 radical (unpaired) electrons. The minimum Gasteiger partial charge on any atom is -0.490 e. The van der Waals surface area contributed by atoms with Gasteiger partial charge in [-0.25, -0.2) is 4.98 Å². The summed E-state index contributed by atoms with van der Waals surface area (Å²) in [6.07, 6.45) is 6.52. The first-order valence-corrected chi connectivity index (χ1v) is 10.9. The number of pyridine rings is 1. The van der Waals surface area contributed by atoms with Crippen LogP contribution in [0.2, 0.25) is 0 Å². The Balaban J connectivity index is 1.51. The summed E-state index contributed by atoms with van der Waals surface area (Å²) in [5, 5.41) is 2.38. The molecule has 0 spiro atoms. The summed E-state index contributed by atoms with van der Waals surface area (Å²) >= 11 is 1.80. The van der Waals surface area contributed by atoms with Crippen molar-refractivity contribution in [2.24, 2.45) is 0 Å². The van der Waals surface area contributed by atoms with Crippen molar-refractivity contribution in [3.8, 4) is 5.75 Å². The van der Waals surface area contributed by atoms with E-state index in [1.54, 1.807) is 11.3 Å². The number of benzene rings is 1. The molecule has 0 amide bonds. The summed E-state index contributed by atoms with van der Waals surface area (Å²) in [6, 6.07) is 6.33. The summed E-state index contributed by atoms with van der Waals surface area (Å²) in [5.74, 6) is 0.932. The van der Waals surface area contributed by atoms with Crippen LogP contribution in [-0.4, -0.2) is 39.6 Å². The van der Waals surface area contributed by atoms with Gasteiger partial charge in [-0.3, -0.25) is 9.88 Å². The number of rotatable bonds is 4. The van der Waals surface area contributed by atoms with Gasteiger partial charge >= 0.3 is 0 Å². The Hall–Kier alpha value is -1.72. The van der Waals surface area contributed by atoms with Crippen molar-refractivity contribution in [1.29, 1.82) is 0 Å². The molecule has 1 fully saturated rings. The molecule has 1 aromatic carbocycles. The van der Waals surface area contributed by atoms with Gasteiger partial charge < -0.3 is 4.74 Å². The number of aromatic nitrogens is 2. The third-order valence-electron chi connectivity index (χ3n) is 5.39. The van der Waals surface area contributed by atoms with Crippen LogP contribution < -0.4 is 4.74 Å². The van der Waals surface area contributed by atoms with Gasteiger partial charge in [0.1, 0.15) is 17.4 Å². The van der Waals surface area contributed by atoms with E-state index in [9.17, 15) is 0 Å². The van der Waals surface area contributed by atoms with E-state index >= 15 is 0 Å². The Morgan fingerprint density at radius 1 is 1.19 bits per heavy atom. The van der Waals surface area contributed by atoms with E-state index in [-0.39, 0.29) is 5.54 Å². The second-order valence-corrected chi connectivity index (χ2v) is 9.57. The van der Waals surface area contributed by atoms with Gasteiger partial charge in [-0.05, 0) is 58.6 Å².